The van der Waals surface area contributed by atoms with Crippen molar-refractivity contribution in [2.45, 2.75) is 37.3 Å². The van der Waals surface area contributed by atoms with E-state index < -0.39 is 41.5 Å². The number of anilines is 1. The van der Waals surface area contributed by atoms with Crippen molar-refractivity contribution in [3.63, 3.8) is 0 Å². The van der Waals surface area contributed by atoms with E-state index in [0.717, 1.165) is 27.8 Å². The summed E-state index contributed by atoms with van der Waals surface area (Å²) in [4.78, 5) is 72.0. The van der Waals surface area contributed by atoms with Gasteiger partial charge >= 0.3 is 11.7 Å². The lowest BCUT2D eigenvalue weighted by Gasteiger charge is -2.23. The summed E-state index contributed by atoms with van der Waals surface area (Å²) in [6.07, 6.45) is 2.20. The smallest absolute Gasteiger partial charge is 0.407 e. The number of hydrogen-bond donors (Lipinski definition) is 5. The van der Waals surface area contributed by atoms with Gasteiger partial charge in [0.15, 0.2) is 0 Å². The number of carbonyl (C=O) groups is 4. The molecule has 1 aliphatic rings. The highest BCUT2D eigenvalue weighted by molar-refractivity contribution is 6.00. The molecule has 7 rings (SSSR count). The Balaban J connectivity index is 1.09. The molecule has 0 unspecified atom stereocenters. The van der Waals surface area contributed by atoms with Crippen LogP contribution in [0.25, 0.3) is 22.1 Å². The van der Waals surface area contributed by atoms with Gasteiger partial charge in [-0.2, -0.15) is 0 Å². The Morgan fingerprint density at radius 1 is 0.815 bits per heavy atom. The number of fused-ring (bicyclic) bond motifs is 4. The molecule has 0 aliphatic heterocycles. The highest BCUT2D eigenvalue weighted by Gasteiger charge is 2.31. The van der Waals surface area contributed by atoms with Crippen LogP contribution in [-0.4, -0.2) is 52.5 Å². The fourth-order valence-corrected chi connectivity index (χ4v) is 6.81. The zero-order chi connectivity index (χ0) is 37.6. The maximum absolute atomic E-state index is 14.0. The van der Waals surface area contributed by atoms with E-state index in [1.807, 2.05) is 78.9 Å². The molecule has 0 spiro atoms. The van der Waals surface area contributed by atoms with Gasteiger partial charge in [-0.15, -0.1) is 0 Å². The van der Waals surface area contributed by atoms with Crippen LogP contribution in [0.5, 0.6) is 0 Å². The second-order valence-electron chi connectivity index (χ2n) is 13.0. The number of aromatic nitrogens is 2. The lowest BCUT2D eigenvalue weighted by molar-refractivity contribution is -0.127. The van der Waals surface area contributed by atoms with Crippen LogP contribution in [0.15, 0.2) is 125 Å². The van der Waals surface area contributed by atoms with Crippen LogP contribution in [0.2, 0.25) is 0 Å². The van der Waals surface area contributed by atoms with Gasteiger partial charge in [-0.25, -0.2) is 14.6 Å². The SMILES string of the molecule is NC(=O)Cc1cc(=O)oc2cc(NC(=O)[C@H](Cc3cnc[nH]3)NC(=O)[C@H](Cc3ccccc3)NC(=O)OCC3c4ccccc4-c4ccccc43)ccc12. The van der Waals surface area contributed by atoms with E-state index in [1.165, 1.54) is 24.7 Å². The summed E-state index contributed by atoms with van der Waals surface area (Å²) in [6.45, 7) is 0.0558. The maximum atomic E-state index is 14.0. The summed E-state index contributed by atoms with van der Waals surface area (Å²) in [5.41, 5.74) is 11.1. The average Bonchev–Trinajstić information content (AvgIpc) is 3.79. The van der Waals surface area contributed by atoms with Crippen molar-refractivity contribution in [2.24, 2.45) is 5.73 Å². The number of amides is 4. The second kappa shape index (κ2) is 15.7. The van der Waals surface area contributed by atoms with Crippen LogP contribution in [0.4, 0.5) is 10.5 Å². The summed E-state index contributed by atoms with van der Waals surface area (Å²) in [5, 5.41) is 8.80. The number of hydrogen-bond acceptors (Lipinski definition) is 8. The molecule has 0 saturated heterocycles. The quantitative estimate of drug-likeness (QED) is 0.108. The van der Waals surface area contributed by atoms with Gasteiger partial charge < -0.3 is 35.8 Å². The van der Waals surface area contributed by atoms with Crippen molar-refractivity contribution in [1.82, 2.24) is 20.6 Å². The molecule has 6 N–H and O–H groups in total. The van der Waals surface area contributed by atoms with Crippen LogP contribution in [0.1, 0.15) is 33.9 Å². The Labute approximate surface area is 308 Å². The summed E-state index contributed by atoms with van der Waals surface area (Å²) in [6, 6.07) is 28.7. The molecule has 6 aromatic rings. The Hall–Kier alpha value is -7.02. The first kappa shape index (κ1) is 35.4. The summed E-state index contributed by atoms with van der Waals surface area (Å²) in [7, 11) is 0. The predicted molar refractivity (Wildman–Crippen MR) is 200 cm³/mol. The Kier molecular flexibility index (Phi) is 10.3. The predicted octanol–water partition coefficient (Wildman–Crippen LogP) is 4.36. The van der Waals surface area contributed by atoms with Crippen molar-refractivity contribution in [3.05, 3.63) is 154 Å². The number of benzene rings is 4. The van der Waals surface area contributed by atoms with Gasteiger partial charge in [-0.1, -0.05) is 78.9 Å². The third-order valence-electron chi connectivity index (χ3n) is 9.31. The molecule has 54 heavy (non-hydrogen) atoms. The van der Waals surface area contributed by atoms with Crippen molar-refractivity contribution >= 4 is 40.5 Å². The number of alkyl carbamates (subject to hydrolysis) is 1. The molecule has 0 radical (unpaired) electrons. The number of carbonyl (C=O) groups excluding carboxylic acids is 4. The first-order chi connectivity index (χ1) is 26.2. The number of primary amides is 1. The van der Waals surface area contributed by atoms with Crippen LogP contribution in [0.3, 0.4) is 0 Å². The normalized spacial score (nSPS) is 13.0. The van der Waals surface area contributed by atoms with E-state index in [1.54, 1.807) is 12.1 Å². The zero-order valence-electron chi connectivity index (χ0n) is 28.9. The fourth-order valence-electron chi connectivity index (χ4n) is 6.81. The Morgan fingerprint density at radius 3 is 2.19 bits per heavy atom. The van der Waals surface area contributed by atoms with Gasteiger partial charge in [0.05, 0.1) is 12.7 Å². The van der Waals surface area contributed by atoms with Crippen LogP contribution < -0.4 is 27.3 Å². The molecule has 2 atom stereocenters. The minimum atomic E-state index is -1.13. The van der Waals surface area contributed by atoms with Crippen molar-refractivity contribution in [2.75, 3.05) is 11.9 Å². The molecule has 13 nitrogen and oxygen atoms in total. The van der Waals surface area contributed by atoms with Gasteiger partial charge in [0.25, 0.3) is 0 Å². The van der Waals surface area contributed by atoms with Gasteiger partial charge in [-0.3, -0.25) is 14.4 Å². The third kappa shape index (κ3) is 8.05. The molecular weight excluding hydrogens is 688 g/mol. The van der Waals surface area contributed by atoms with Gasteiger partial charge in [-0.05, 0) is 45.5 Å². The number of rotatable bonds is 13. The van der Waals surface area contributed by atoms with Crippen molar-refractivity contribution in [3.8, 4) is 11.1 Å². The molecule has 2 aromatic heterocycles. The highest BCUT2D eigenvalue weighted by Crippen LogP contribution is 2.44. The number of ether oxygens (including phenoxy) is 1. The van der Waals surface area contributed by atoms with Gasteiger partial charge in [0.1, 0.15) is 24.3 Å². The molecule has 0 saturated carbocycles. The molecule has 2 heterocycles. The van der Waals surface area contributed by atoms with E-state index in [4.69, 9.17) is 14.9 Å². The molecule has 1 aliphatic carbocycles. The van der Waals surface area contributed by atoms with Crippen LogP contribution in [0, 0.1) is 0 Å². The number of nitrogens with zero attached hydrogens (tertiary/aromatic N) is 1. The van der Waals surface area contributed by atoms with E-state index in [9.17, 15) is 24.0 Å². The number of nitrogens with two attached hydrogens (primary N) is 1. The third-order valence-corrected chi connectivity index (χ3v) is 9.31. The van der Waals surface area contributed by atoms with E-state index in [2.05, 4.69) is 25.9 Å². The van der Waals surface area contributed by atoms with Gasteiger partial charge in [0, 0.05) is 53.9 Å². The molecular formula is C41H36N6O7. The van der Waals surface area contributed by atoms with E-state index in [-0.39, 0.29) is 43.1 Å². The fraction of sp³-hybridized carbons (Fsp3) is 0.171. The highest BCUT2D eigenvalue weighted by atomic mass is 16.5. The molecule has 272 valence electrons. The maximum Gasteiger partial charge on any atom is 0.407 e. The summed E-state index contributed by atoms with van der Waals surface area (Å²) < 4.78 is 11.1. The van der Waals surface area contributed by atoms with E-state index >= 15 is 0 Å². The summed E-state index contributed by atoms with van der Waals surface area (Å²) in [5.74, 6) is -2.00. The molecule has 0 bridgehead atoms. The molecule has 4 amide bonds. The number of imidazole rings is 1. The largest absolute Gasteiger partial charge is 0.449 e. The van der Waals surface area contributed by atoms with Crippen LogP contribution in [-0.2, 0) is 38.4 Å². The monoisotopic (exact) mass is 724 g/mol. The Morgan fingerprint density at radius 2 is 1.50 bits per heavy atom. The van der Waals surface area contributed by atoms with Gasteiger partial charge in [0.2, 0.25) is 17.7 Å². The topological polar surface area (TPSA) is 199 Å². The average molecular weight is 725 g/mol. The molecule has 4 aromatic carbocycles. The molecule has 13 heteroatoms. The Bertz CT molecular complexity index is 2350. The minimum absolute atomic E-state index is 0.0337. The minimum Gasteiger partial charge on any atom is -0.449 e. The number of aromatic amines is 1. The summed E-state index contributed by atoms with van der Waals surface area (Å²) >= 11 is 0. The molecule has 0 fully saturated rings. The standard InChI is InChI=1S/C41H36N6O7/c42-37(48)17-25-18-38(49)54-36-20-26(14-15-28(25)36)45-39(50)35(19-27-21-43-23-44-27)46-40(51)34(16-24-8-2-1-3-9-24)47-41(52)53-22-33-31-12-6-4-10-29(31)30-11-5-7-13-32(30)33/h1-15,18,20-21,23,33-35H,16-17,19,22H2,(H2,42,48)(H,43,44)(H,45,50)(H,46,51)(H,47,52)/t34-,35-/m0/s1. The van der Waals surface area contributed by atoms with Crippen molar-refractivity contribution in [1.29, 1.82) is 0 Å². The first-order valence-corrected chi connectivity index (χ1v) is 17.3. The number of nitrogens with one attached hydrogen (secondary N) is 4. The van der Waals surface area contributed by atoms with E-state index in [0.29, 0.717) is 16.6 Å². The first-order valence-electron chi connectivity index (χ1n) is 17.3. The number of H-pyrrole nitrogens is 1. The second-order valence-corrected chi connectivity index (χ2v) is 13.0. The lowest BCUT2D eigenvalue weighted by atomic mass is 9.98. The van der Waals surface area contributed by atoms with Crippen molar-refractivity contribution < 1.29 is 28.3 Å². The lowest BCUT2D eigenvalue weighted by Crippen LogP contribution is -2.54. The van der Waals surface area contributed by atoms with Crippen LogP contribution >= 0.6 is 0 Å². The zero-order valence-corrected chi connectivity index (χ0v) is 28.9.